The van der Waals surface area contributed by atoms with Crippen LogP contribution in [0.2, 0.25) is 10.0 Å². The monoisotopic (exact) mass is 413 g/mol. The van der Waals surface area contributed by atoms with Gasteiger partial charge < -0.3 is 4.90 Å². The molecule has 0 bridgehead atoms. The van der Waals surface area contributed by atoms with Gasteiger partial charge in [0.25, 0.3) is 0 Å². The number of likely N-dealkylation sites (N-methyl/N-ethyl adjacent to an activating group) is 1. The highest BCUT2D eigenvalue weighted by molar-refractivity contribution is 6.42. The van der Waals surface area contributed by atoms with Crippen molar-refractivity contribution in [1.29, 1.82) is 0 Å². The molecule has 2 aromatic carbocycles. The molecule has 0 radical (unpaired) electrons. The Balaban J connectivity index is 1.86. The lowest BCUT2D eigenvalue weighted by atomic mass is 9.90. The van der Waals surface area contributed by atoms with Crippen LogP contribution in [-0.2, 0) is 16.8 Å². The number of hydrogen-bond donors (Lipinski definition) is 0. The Kier molecular flexibility index (Phi) is 5.81. The van der Waals surface area contributed by atoms with Crippen LogP contribution in [-0.4, -0.2) is 23.7 Å². The van der Waals surface area contributed by atoms with Crippen molar-refractivity contribution in [2.45, 2.75) is 24.8 Å². The number of benzene rings is 2. The minimum atomic E-state index is -0.613. The number of alkyl halides is 1. The molecule has 26 heavy (non-hydrogen) atoms. The summed E-state index contributed by atoms with van der Waals surface area (Å²) in [5.74, 6) is 0.415. The molecule has 138 valence electrons. The molecule has 2 nitrogen and oxygen atoms in total. The summed E-state index contributed by atoms with van der Waals surface area (Å²) in [6, 6.07) is 11.5. The molecule has 6 heteroatoms. The molecule has 0 heterocycles. The Labute approximate surface area is 167 Å². The van der Waals surface area contributed by atoms with Crippen LogP contribution < -0.4 is 0 Å². The van der Waals surface area contributed by atoms with E-state index in [1.165, 1.54) is 12.1 Å². The summed E-state index contributed by atoms with van der Waals surface area (Å²) in [7, 11) is 1.76. The van der Waals surface area contributed by atoms with Gasteiger partial charge in [-0.3, -0.25) is 4.79 Å². The van der Waals surface area contributed by atoms with E-state index in [-0.39, 0.29) is 17.6 Å². The Morgan fingerprint density at radius 2 is 1.88 bits per heavy atom. The smallest absolute Gasteiger partial charge is 0.233 e. The van der Waals surface area contributed by atoms with E-state index in [4.69, 9.17) is 34.8 Å². The normalized spacial score (nSPS) is 21.5. The van der Waals surface area contributed by atoms with Crippen molar-refractivity contribution in [2.75, 3.05) is 12.9 Å². The summed E-state index contributed by atoms with van der Waals surface area (Å²) >= 11 is 18.1. The molecule has 0 spiro atoms. The lowest BCUT2D eigenvalue weighted by Gasteiger charge is -2.25. The van der Waals surface area contributed by atoms with Crippen LogP contribution in [0.3, 0.4) is 0 Å². The molecule has 0 aromatic heterocycles. The van der Waals surface area contributed by atoms with Crippen LogP contribution >= 0.6 is 34.8 Å². The predicted octanol–water partition coefficient (Wildman–Crippen LogP) is 5.68. The summed E-state index contributed by atoms with van der Waals surface area (Å²) in [6.07, 6.45) is 1.50. The maximum Gasteiger partial charge on any atom is 0.233 e. The van der Waals surface area contributed by atoms with Gasteiger partial charge in [-0.2, -0.15) is 0 Å². The number of carbonyl (C=O) groups excluding carboxylic acids is 1. The molecule has 0 N–H and O–H groups in total. The molecular weight excluding hydrogens is 396 g/mol. The average Bonchev–Trinajstić information content (AvgIpc) is 3.34. The van der Waals surface area contributed by atoms with E-state index in [0.717, 1.165) is 24.0 Å². The molecule has 2 atom stereocenters. The lowest BCUT2D eigenvalue weighted by molar-refractivity contribution is -0.133. The zero-order valence-electron chi connectivity index (χ0n) is 14.3. The maximum absolute atomic E-state index is 13.3. The number of rotatable bonds is 6. The van der Waals surface area contributed by atoms with Crippen molar-refractivity contribution >= 4 is 40.7 Å². The van der Waals surface area contributed by atoms with Crippen molar-refractivity contribution in [2.24, 2.45) is 5.92 Å². The summed E-state index contributed by atoms with van der Waals surface area (Å²) in [5.41, 5.74) is 1.14. The van der Waals surface area contributed by atoms with Crippen molar-refractivity contribution in [3.05, 3.63) is 69.5 Å². The first-order valence-corrected chi connectivity index (χ1v) is 9.69. The van der Waals surface area contributed by atoms with Crippen LogP contribution in [0.5, 0.6) is 0 Å². The zero-order chi connectivity index (χ0) is 18.9. The molecule has 0 aliphatic heterocycles. The fourth-order valence-electron chi connectivity index (χ4n) is 3.60. The minimum absolute atomic E-state index is 0.0235. The van der Waals surface area contributed by atoms with Gasteiger partial charge in [-0.05, 0) is 54.2 Å². The molecule has 3 rings (SSSR count). The van der Waals surface area contributed by atoms with E-state index < -0.39 is 5.41 Å². The third-order valence-electron chi connectivity index (χ3n) is 5.06. The van der Waals surface area contributed by atoms with E-state index in [1.54, 1.807) is 36.2 Å². The third-order valence-corrected chi connectivity index (χ3v) is 6.02. The molecule has 1 fully saturated rings. The molecule has 1 aliphatic carbocycles. The Bertz CT molecular complexity index is 811. The molecule has 1 aliphatic rings. The van der Waals surface area contributed by atoms with Crippen molar-refractivity contribution in [3.8, 4) is 0 Å². The first kappa shape index (κ1) is 19.5. The number of halogens is 4. The van der Waals surface area contributed by atoms with E-state index in [2.05, 4.69) is 0 Å². The standard InChI is InChI=1S/C20H19Cl3FNO/c1-25(12-13-2-5-16(24)6-3-13)19(26)20(11-15(20)8-9-21)14-4-7-17(22)18(23)10-14/h2-7,10,15H,8-9,11-12H2,1H3/t15-,20-/m1/s1. The van der Waals surface area contributed by atoms with Crippen LogP contribution in [0.1, 0.15) is 24.0 Å². The van der Waals surface area contributed by atoms with Gasteiger partial charge in [0.05, 0.1) is 15.5 Å². The number of hydrogen-bond acceptors (Lipinski definition) is 1. The summed E-state index contributed by atoms with van der Waals surface area (Å²) in [6.45, 7) is 0.412. The summed E-state index contributed by atoms with van der Waals surface area (Å²) < 4.78 is 13.1. The number of amides is 1. The third kappa shape index (κ3) is 3.71. The second kappa shape index (κ2) is 7.75. The Hall–Kier alpha value is -1.29. The quantitative estimate of drug-likeness (QED) is 0.557. The fraction of sp³-hybridized carbons (Fsp3) is 0.350. The van der Waals surface area contributed by atoms with Crippen molar-refractivity contribution in [1.82, 2.24) is 4.90 Å². The van der Waals surface area contributed by atoms with Gasteiger partial charge in [-0.1, -0.05) is 41.4 Å². The first-order chi connectivity index (χ1) is 12.4. The minimum Gasteiger partial charge on any atom is -0.341 e. The molecule has 1 saturated carbocycles. The van der Waals surface area contributed by atoms with Gasteiger partial charge in [0.2, 0.25) is 5.91 Å². The average molecular weight is 415 g/mol. The van der Waals surface area contributed by atoms with E-state index >= 15 is 0 Å². The van der Waals surface area contributed by atoms with Crippen LogP contribution in [0, 0.1) is 11.7 Å². The van der Waals surface area contributed by atoms with Crippen LogP contribution in [0.4, 0.5) is 4.39 Å². The predicted molar refractivity (Wildman–Crippen MR) is 104 cm³/mol. The largest absolute Gasteiger partial charge is 0.341 e. The van der Waals surface area contributed by atoms with Gasteiger partial charge >= 0.3 is 0 Å². The fourth-order valence-corrected chi connectivity index (χ4v) is 4.16. The Morgan fingerprint density at radius 1 is 1.19 bits per heavy atom. The molecule has 0 saturated heterocycles. The topological polar surface area (TPSA) is 20.3 Å². The molecule has 2 aromatic rings. The second-order valence-corrected chi connectivity index (χ2v) is 7.96. The summed E-state index contributed by atoms with van der Waals surface area (Å²) in [5, 5.41) is 0.904. The van der Waals surface area contributed by atoms with Crippen LogP contribution in [0.25, 0.3) is 0 Å². The first-order valence-electron chi connectivity index (χ1n) is 8.40. The molecule has 0 unspecified atom stereocenters. The van der Waals surface area contributed by atoms with Gasteiger partial charge in [-0.15, -0.1) is 11.6 Å². The van der Waals surface area contributed by atoms with Gasteiger partial charge in [0.15, 0.2) is 0 Å². The van der Waals surface area contributed by atoms with E-state index in [9.17, 15) is 9.18 Å². The zero-order valence-corrected chi connectivity index (χ0v) is 16.6. The second-order valence-electron chi connectivity index (χ2n) is 6.77. The highest BCUT2D eigenvalue weighted by atomic mass is 35.5. The summed E-state index contributed by atoms with van der Waals surface area (Å²) in [4.78, 5) is 15.0. The number of carbonyl (C=O) groups is 1. The lowest BCUT2D eigenvalue weighted by Crippen LogP contribution is -2.37. The number of nitrogens with zero attached hydrogens (tertiary/aromatic N) is 1. The van der Waals surface area contributed by atoms with E-state index in [1.807, 2.05) is 6.07 Å². The maximum atomic E-state index is 13.3. The van der Waals surface area contributed by atoms with Gasteiger partial charge in [0, 0.05) is 19.5 Å². The Morgan fingerprint density at radius 3 is 2.50 bits per heavy atom. The van der Waals surface area contributed by atoms with Crippen molar-refractivity contribution < 1.29 is 9.18 Å². The van der Waals surface area contributed by atoms with Crippen LogP contribution in [0.15, 0.2) is 42.5 Å². The van der Waals surface area contributed by atoms with Gasteiger partial charge in [0.1, 0.15) is 5.82 Å². The van der Waals surface area contributed by atoms with Crippen molar-refractivity contribution in [3.63, 3.8) is 0 Å². The SMILES string of the molecule is CN(Cc1ccc(F)cc1)C(=O)[C@@]1(c2ccc(Cl)c(Cl)c2)C[C@H]1CCCl. The highest BCUT2D eigenvalue weighted by Gasteiger charge is 2.61. The van der Waals surface area contributed by atoms with Gasteiger partial charge in [-0.25, -0.2) is 4.39 Å². The molecule has 1 amide bonds. The molecular formula is C20H19Cl3FNO. The highest BCUT2D eigenvalue weighted by Crippen LogP contribution is 2.57. The van der Waals surface area contributed by atoms with E-state index in [0.29, 0.717) is 22.5 Å².